The van der Waals surface area contributed by atoms with Crippen LogP contribution in [0.2, 0.25) is 0 Å². The second-order valence-corrected chi connectivity index (χ2v) is 7.15. The summed E-state index contributed by atoms with van der Waals surface area (Å²) in [5.41, 5.74) is 2.85. The van der Waals surface area contributed by atoms with Crippen LogP contribution in [0.25, 0.3) is 0 Å². The molecule has 3 rings (SSSR count). The minimum absolute atomic E-state index is 0.00834. The number of hydrogen-bond donors (Lipinski definition) is 2. The minimum atomic E-state index is -0.586. The van der Waals surface area contributed by atoms with Crippen molar-refractivity contribution in [3.8, 4) is 5.75 Å². The first-order chi connectivity index (χ1) is 12.5. The Morgan fingerprint density at radius 1 is 1.23 bits per heavy atom. The van der Waals surface area contributed by atoms with E-state index in [1.54, 1.807) is 17.6 Å². The van der Waals surface area contributed by atoms with Gasteiger partial charge in [0, 0.05) is 30.3 Å². The number of nitrogens with zero attached hydrogens (tertiary/aromatic N) is 1. The topological polar surface area (TPSA) is 88.1 Å². The van der Waals surface area contributed by atoms with E-state index < -0.39 is 5.91 Å². The van der Waals surface area contributed by atoms with E-state index in [0.29, 0.717) is 37.7 Å². The summed E-state index contributed by atoms with van der Waals surface area (Å²) < 4.78 is 11.2. The Kier molecular flexibility index (Phi) is 5.78. The molecule has 2 N–H and O–H groups in total. The largest absolute Gasteiger partial charge is 0.491 e. The Bertz CT molecular complexity index is 670. The first-order valence-corrected chi connectivity index (χ1v) is 9.12. The molecular formula is C19H26N2O5. The average Bonchev–Trinajstić information content (AvgIpc) is 2.86. The molecule has 2 amide bonds. The third-order valence-electron chi connectivity index (χ3n) is 5.11. The van der Waals surface area contributed by atoms with Crippen LogP contribution in [0.5, 0.6) is 5.75 Å². The third kappa shape index (κ3) is 3.68. The predicted octanol–water partition coefficient (Wildman–Crippen LogP) is 2.15. The fourth-order valence-electron chi connectivity index (χ4n) is 3.82. The van der Waals surface area contributed by atoms with Gasteiger partial charge in [-0.05, 0) is 30.9 Å². The Hall–Kier alpha value is -2.12. The molecule has 0 unspecified atom stereocenters. The quantitative estimate of drug-likeness (QED) is 0.635. The lowest BCUT2D eigenvalue weighted by molar-refractivity contribution is -0.142. The lowest BCUT2D eigenvalue weighted by atomic mass is 9.90. The van der Waals surface area contributed by atoms with Gasteiger partial charge in [0.2, 0.25) is 5.91 Å². The number of rotatable bonds is 3. The maximum atomic E-state index is 13.2. The van der Waals surface area contributed by atoms with Gasteiger partial charge in [0.25, 0.3) is 5.91 Å². The molecule has 0 spiro atoms. The Balaban J connectivity index is 1.93. The third-order valence-corrected chi connectivity index (χ3v) is 5.11. The summed E-state index contributed by atoms with van der Waals surface area (Å²) in [4.78, 5) is 26.8. The van der Waals surface area contributed by atoms with Crippen molar-refractivity contribution < 1.29 is 24.3 Å². The van der Waals surface area contributed by atoms with Gasteiger partial charge in [-0.3, -0.25) is 14.8 Å². The predicted molar refractivity (Wildman–Crippen MR) is 94.0 cm³/mol. The van der Waals surface area contributed by atoms with Gasteiger partial charge in [-0.15, -0.1) is 0 Å². The lowest BCUT2D eigenvalue weighted by Gasteiger charge is -2.36. The first kappa shape index (κ1) is 18.7. The van der Waals surface area contributed by atoms with Gasteiger partial charge >= 0.3 is 0 Å². The highest BCUT2D eigenvalue weighted by Gasteiger charge is 2.36. The molecule has 0 radical (unpaired) electrons. The van der Waals surface area contributed by atoms with Gasteiger partial charge in [-0.25, -0.2) is 5.48 Å². The molecule has 142 valence electrons. The van der Waals surface area contributed by atoms with Gasteiger partial charge in [-0.2, -0.15) is 0 Å². The fraction of sp³-hybridized carbons (Fsp3) is 0.579. The van der Waals surface area contributed by atoms with E-state index in [1.165, 1.54) is 0 Å². The molecule has 0 aliphatic carbocycles. The van der Waals surface area contributed by atoms with E-state index in [2.05, 4.69) is 13.8 Å². The molecule has 1 atom stereocenters. The lowest BCUT2D eigenvalue weighted by Crippen LogP contribution is -2.43. The Morgan fingerprint density at radius 2 is 1.96 bits per heavy atom. The van der Waals surface area contributed by atoms with E-state index in [0.717, 1.165) is 18.4 Å². The standard InChI is InChI=1S/C19H26N2O5/c1-12(2)17-15-4-3-14(18(22)20-24)11-16(15)26-10-7-21(17)19(23)13-5-8-25-9-6-13/h3-4,11-13,17,24H,5-10H2,1-2H3,(H,20,22)/t17-/m0/s1. The van der Waals surface area contributed by atoms with Crippen LogP contribution in [0.1, 0.15) is 48.7 Å². The number of amides is 2. The van der Waals surface area contributed by atoms with Crippen molar-refractivity contribution in [2.75, 3.05) is 26.4 Å². The SMILES string of the molecule is CC(C)[C@H]1c2ccc(C(=O)NO)cc2OCCN1C(=O)C1CCOCC1. The number of hydrogen-bond acceptors (Lipinski definition) is 5. The van der Waals surface area contributed by atoms with Crippen LogP contribution in [-0.2, 0) is 9.53 Å². The summed E-state index contributed by atoms with van der Waals surface area (Å²) in [5, 5.41) is 8.84. The van der Waals surface area contributed by atoms with Crippen molar-refractivity contribution in [2.45, 2.75) is 32.7 Å². The number of carbonyl (C=O) groups excluding carboxylic acids is 2. The average molecular weight is 362 g/mol. The number of benzene rings is 1. The smallest absolute Gasteiger partial charge is 0.274 e. The fourth-order valence-corrected chi connectivity index (χ4v) is 3.82. The molecule has 1 aromatic rings. The van der Waals surface area contributed by atoms with E-state index in [4.69, 9.17) is 14.7 Å². The zero-order chi connectivity index (χ0) is 18.7. The van der Waals surface area contributed by atoms with Crippen LogP contribution in [0.15, 0.2) is 18.2 Å². The van der Waals surface area contributed by atoms with Crippen molar-refractivity contribution in [3.63, 3.8) is 0 Å². The summed E-state index contributed by atoms with van der Waals surface area (Å²) in [5.74, 6) is 0.340. The van der Waals surface area contributed by atoms with Gasteiger partial charge in [0.15, 0.2) is 0 Å². The maximum Gasteiger partial charge on any atom is 0.274 e. The van der Waals surface area contributed by atoms with Crippen molar-refractivity contribution in [1.82, 2.24) is 10.4 Å². The molecule has 1 saturated heterocycles. The molecule has 0 aromatic heterocycles. The van der Waals surface area contributed by atoms with Crippen LogP contribution in [0.4, 0.5) is 0 Å². The maximum absolute atomic E-state index is 13.2. The zero-order valence-corrected chi connectivity index (χ0v) is 15.2. The highest BCUT2D eigenvalue weighted by Crippen LogP contribution is 2.38. The van der Waals surface area contributed by atoms with Crippen LogP contribution < -0.4 is 10.2 Å². The number of fused-ring (bicyclic) bond motifs is 1. The molecular weight excluding hydrogens is 336 g/mol. The first-order valence-electron chi connectivity index (χ1n) is 9.12. The van der Waals surface area contributed by atoms with Crippen LogP contribution >= 0.6 is 0 Å². The Labute approximate surface area is 153 Å². The Morgan fingerprint density at radius 3 is 2.62 bits per heavy atom. The number of carbonyl (C=O) groups is 2. The summed E-state index contributed by atoms with van der Waals surface area (Å²) in [7, 11) is 0. The summed E-state index contributed by atoms with van der Waals surface area (Å²) in [6, 6.07) is 4.97. The van der Waals surface area contributed by atoms with Gasteiger partial charge < -0.3 is 14.4 Å². The van der Waals surface area contributed by atoms with Gasteiger partial charge in [0.05, 0.1) is 12.6 Å². The van der Waals surface area contributed by atoms with Crippen molar-refractivity contribution in [2.24, 2.45) is 11.8 Å². The zero-order valence-electron chi connectivity index (χ0n) is 15.2. The molecule has 0 bridgehead atoms. The second-order valence-electron chi connectivity index (χ2n) is 7.15. The second kappa shape index (κ2) is 8.05. The van der Waals surface area contributed by atoms with Gasteiger partial charge in [-0.1, -0.05) is 19.9 Å². The van der Waals surface area contributed by atoms with E-state index in [1.807, 2.05) is 11.0 Å². The van der Waals surface area contributed by atoms with Gasteiger partial charge in [0.1, 0.15) is 12.4 Å². The highest BCUT2D eigenvalue weighted by molar-refractivity contribution is 5.94. The van der Waals surface area contributed by atoms with Crippen molar-refractivity contribution in [3.05, 3.63) is 29.3 Å². The summed E-state index contributed by atoms with van der Waals surface area (Å²) in [6.45, 7) is 6.30. The number of nitrogens with one attached hydrogen (secondary N) is 1. The van der Waals surface area contributed by atoms with Crippen LogP contribution in [-0.4, -0.2) is 48.3 Å². The molecule has 1 fully saturated rings. The van der Waals surface area contributed by atoms with E-state index >= 15 is 0 Å². The van der Waals surface area contributed by atoms with Crippen LogP contribution in [0.3, 0.4) is 0 Å². The van der Waals surface area contributed by atoms with Crippen molar-refractivity contribution >= 4 is 11.8 Å². The molecule has 7 heteroatoms. The molecule has 1 aromatic carbocycles. The molecule has 2 heterocycles. The number of ether oxygens (including phenoxy) is 2. The molecule has 2 aliphatic heterocycles. The molecule has 2 aliphatic rings. The summed E-state index contributed by atoms with van der Waals surface area (Å²) >= 11 is 0. The normalized spacial score (nSPS) is 20.9. The van der Waals surface area contributed by atoms with Crippen molar-refractivity contribution in [1.29, 1.82) is 0 Å². The van der Waals surface area contributed by atoms with Crippen LogP contribution in [0, 0.1) is 11.8 Å². The summed E-state index contributed by atoms with van der Waals surface area (Å²) in [6.07, 6.45) is 1.51. The van der Waals surface area contributed by atoms with E-state index in [-0.39, 0.29) is 23.8 Å². The number of hydroxylamine groups is 1. The molecule has 0 saturated carbocycles. The molecule has 26 heavy (non-hydrogen) atoms. The van der Waals surface area contributed by atoms with E-state index in [9.17, 15) is 9.59 Å². The monoisotopic (exact) mass is 362 g/mol. The molecule has 7 nitrogen and oxygen atoms in total. The minimum Gasteiger partial charge on any atom is -0.491 e. The highest BCUT2D eigenvalue weighted by atomic mass is 16.5.